The van der Waals surface area contributed by atoms with Gasteiger partial charge in [-0.25, -0.2) is 8.42 Å². The molecule has 2 aromatic carbocycles. The molecule has 1 N–H and O–H groups in total. The van der Waals surface area contributed by atoms with Crippen LogP contribution in [0.2, 0.25) is 0 Å². The zero-order valence-electron chi connectivity index (χ0n) is 17.9. The molecule has 1 aromatic heterocycles. The molecular weight excluding hydrogens is 396 g/mol. The summed E-state index contributed by atoms with van der Waals surface area (Å²) < 4.78 is 30.8. The molecule has 0 bridgehead atoms. The minimum absolute atomic E-state index is 0.103. The first-order valence-corrected chi connectivity index (χ1v) is 11.9. The zero-order valence-corrected chi connectivity index (χ0v) is 18.7. The Morgan fingerprint density at radius 1 is 1.10 bits per heavy atom. The van der Waals surface area contributed by atoms with Crippen LogP contribution in [0.1, 0.15) is 36.6 Å². The number of nitrogens with zero attached hydrogens (tertiary/aromatic N) is 3. The summed E-state index contributed by atoms with van der Waals surface area (Å²) in [6, 6.07) is 15.2. The fraction of sp³-hybridized carbons (Fsp3) is 0.391. The fourth-order valence-corrected chi connectivity index (χ4v) is 5.73. The van der Waals surface area contributed by atoms with Crippen molar-refractivity contribution >= 4 is 15.7 Å². The van der Waals surface area contributed by atoms with Crippen LogP contribution in [-0.4, -0.2) is 35.1 Å². The lowest BCUT2D eigenvalue weighted by Crippen LogP contribution is -2.44. The third kappa shape index (κ3) is 3.79. The van der Waals surface area contributed by atoms with Crippen molar-refractivity contribution in [2.45, 2.75) is 50.7 Å². The number of hydrogen-bond acceptors (Lipinski definition) is 3. The molecule has 1 aliphatic heterocycles. The number of H-pyrrole nitrogens is 1. The van der Waals surface area contributed by atoms with E-state index in [-0.39, 0.29) is 6.04 Å². The van der Waals surface area contributed by atoms with Gasteiger partial charge in [-0.15, -0.1) is 0 Å². The highest BCUT2D eigenvalue weighted by Gasteiger charge is 2.35. The molecule has 0 spiro atoms. The van der Waals surface area contributed by atoms with E-state index in [0.717, 1.165) is 36.2 Å². The summed E-state index contributed by atoms with van der Waals surface area (Å²) in [6.45, 7) is 5.85. The standard InChI is InChI=1S/C23H30N4O2S/c1-4-9-19-15-26(30(28,29)21-11-6-5-7-12-21)17-22-18(2)10-8-13-23(22)27(19)16-20-14-24-25(20)3/h5-8,10-14,19,24H,4,9,15-17H2,1-3H3. The maximum absolute atomic E-state index is 13.5. The Labute approximate surface area is 179 Å². The van der Waals surface area contributed by atoms with Gasteiger partial charge in [0.1, 0.15) is 0 Å². The summed E-state index contributed by atoms with van der Waals surface area (Å²) in [5, 5.41) is 3.14. The minimum Gasteiger partial charge on any atom is -0.361 e. The molecule has 1 unspecified atom stereocenters. The summed E-state index contributed by atoms with van der Waals surface area (Å²) in [5.41, 5.74) is 4.55. The molecule has 4 rings (SSSR count). The van der Waals surface area contributed by atoms with Gasteiger partial charge in [0.15, 0.2) is 0 Å². The van der Waals surface area contributed by atoms with E-state index < -0.39 is 10.0 Å². The summed E-state index contributed by atoms with van der Waals surface area (Å²) in [4.78, 5) is 2.75. The van der Waals surface area contributed by atoms with Crippen LogP contribution < -0.4 is 4.90 Å². The number of aromatic nitrogens is 2. The van der Waals surface area contributed by atoms with E-state index in [1.807, 2.05) is 24.0 Å². The van der Waals surface area contributed by atoms with Crippen molar-refractivity contribution in [2.75, 3.05) is 11.4 Å². The third-order valence-electron chi connectivity index (χ3n) is 6.08. The predicted octanol–water partition coefficient (Wildman–Crippen LogP) is 4.04. The number of sulfonamides is 1. The SMILES string of the molecule is CCCC1CN(S(=O)(=O)c2ccccc2)Cc2c(C)cccc2N1Cc1c[nH]n1C. The number of aryl methyl sites for hydroxylation is 2. The molecule has 0 amide bonds. The van der Waals surface area contributed by atoms with Gasteiger partial charge >= 0.3 is 0 Å². The number of nitrogens with one attached hydrogen (secondary N) is 1. The Bertz CT molecular complexity index is 1100. The molecule has 7 heteroatoms. The van der Waals surface area contributed by atoms with Crippen LogP contribution in [0.3, 0.4) is 0 Å². The van der Waals surface area contributed by atoms with Crippen molar-refractivity contribution in [3.63, 3.8) is 0 Å². The molecule has 1 atom stereocenters. The van der Waals surface area contributed by atoms with Gasteiger partial charge in [0.05, 0.1) is 17.1 Å². The van der Waals surface area contributed by atoms with Crippen LogP contribution in [0.15, 0.2) is 59.6 Å². The first kappa shape index (κ1) is 20.8. The first-order valence-electron chi connectivity index (χ1n) is 10.5. The maximum Gasteiger partial charge on any atom is 0.243 e. The van der Waals surface area contributed by atoms with Crippen LogP contribution in [0, 0.1) is 6.92 Å². The fourth-order valence-electron chi connectivity index (χ4n) is 4.26. The highest BCUT2D eigenvalue weighted by molar-refractivity contribution is 7.89. The smallest absolute Gasteiger partial charge is 0.243 e. The quantitative estimate of drug-likeness (QED) is 0.647. The average molecular weight is 427 g/mol. The van der Waals surface area contributed by atoms with Crippen molar-refractivity contribution in [1.29, 1.82) is 0 Å². The second-order valence-electron chi connectivity index (χ2n) is 8.08. The lowest BCUT2D eigenvalue weighted by molar-refractivity contribution is 0.367. The average Bonchev–Trinajstić information content (AvgIpc) is 2.90. The molecule has 1 aliphatic rings. The number of aromatic amines is 1. The van der Waals surface area contributed by atoms with Crippen molar-refractivity contribution in [2.24, 2.45) is 7.05 Å². The van der Waals surface area contributed by atoms with Gasteiger partial charge in [0.25, 0.3) is 0 Å². The number of fused-ring (bicyclic) bond motifs is 1. The van der Waals surface area contributed by atoms with Crippen LogP contribution in [-0.2, 0) is 30.2 Å². The van der Waals surface area contributed by atoms with Crippen molar-refractivity contribution < 1.29 is 8.42 Å². The minimum atomic E-state index is -3.58. The predicted molar refractivity (Wildman–Crippen MR) is 120 cm³/mol. The number of hydrogen-bond donors (Lipinski definition) is 1. The molecule has 6 nitrogen and oxygen atoms in total. The third-order valence-corrected chi connectivity index (χ3v) is 7.90. The van der Waals surface area contributed by atoms with E-state index in [9.17, 15) is 8.42 Å². The largest absolute Gasteiger partial charge is 0.361 e. The van der Waals surface area contributed by atoms with Crippen molar-refractivity contribution in [1.82, 2.24) is 14.1 Å². The highest BCUT2D eigenvalue weighted by Crippen LogP contribution is 2.35. The Morgan fingerprint density at radius 3 is 2.50 bits per heavy atom. The number of anilines is 1. The number of rotatable bonds is 6. The first-order chi connectivity index (χ1) is 14.4. The van der Waals surface area contributed by atoms with E-state index in [1.54, 1.807) is 28.6 Å². The molecule has 0 fully saturated rings. The van der Waals surface area contributed by atoms with E-state index in [0.29, 0.717) is 18.0 Å². The zero-order chi connectivity index (χ0) is 21.3. The molecule has 0 saturated heterocycles. The van der Waals surface area contributed by atoms with Crippen LogP contribution in [0.25, 0.3) is 0 Å². The van der Waals surface area contributed by atoms with Gasteiger partial charge in [-0.2, -0.15) is 4.31 Å². The van der Waals surface area contributed by atoms with Crippen LogP contribution in [0.5, 0.6) is 0 Å². The van der Waals surface area contributed by atoms with Crippen LogP contribution >= 0.6 is 0 Å². The summed E-state index contributed by atoms with van der Waals surface area (Å²) in [7, 11) is -1.58. The normalized spacial score (nSPS) is 17.7. The van der Waals surface area contributed by atoms with Crippen molar-refractivity contribution in [3.05, 3.63) is 71.5 Å². The second kappa shape index (κ2) is 8.32. The van der Waals surface area contributed by atoms with Gasteiger partial charge < -0.3 is 10.00 Å². The van der Waals surface area contributed by atoms with E-state index in [4.69, 9.17) is 0 Å². The Balaban J connectivity index is 1.80. The summed E-state index contributed by atoms with van der Waals surface area (Å²) >= 11 is 0. The molecule has 3 aromatic rings. The second-order valence-corrected chi connectivity index (χ2v) is 10.0. The molecule has 2 heterocycles. The van der Waals surface area contributed by atoms with E-state index in [2.05, 4.69) is 42.0 Å². The van der Waals surface area contributed by atoms with E-state index in [1.165, 1.54) is 5.69 Å². The maximum atomic E-state index is 13.5. The summed E-state index contributed by atoms with van der Waals surface area (Å²) in [6.07, 6.45) is 3.94. The van der Waals surface area contributed by atoms with Gasteiger partial charge in [-0.3, -0.25) is 4.68 Å². The van der Waals surface area contributed by atoms with E-state index >= 15 is 0 Å². The van der Waals surface area contributed by atoms with Gasteiger partial charge in [-0.05, 0) is 42.7 Å². The lowest BCUT2D eigenvalue weighted by Gasteiger charge is -2.35. The number of benzene rings is 2. The van der Waals surface area contributed by atoms with Gasteiger partial charge in [-0.1, -0.05) is 43.7 Å². The Kier molecular flexibility index (Phi) is 5.75. The van der Waals surface area contributed by atoms with Gasteiger partial charge in [0.2, 0.25) is 10.0 Å². The Morgan fingerprint density at radius 2 is 1.87 bits per heavy atom. The molecular formula is C23H30N4O2S. The molecule has 0 radical (unpaired) electrons. The monoisotopic (exact) mass is 426 g/mol. The Hall–Kier alpha value is -2.51. The lowest BCUT2D eigenvalue weighted by atomic mass is 10.0. The molecule has 0 saturated carbocycles. The van der Waals surface area contributed by atoms with Gasteiger partial charge in [0, 0.05) is 38.1 Å². The highest BCUT2D eigenvalue weighted by atomic mass is 32.2. The topological polar surface area (TPSA) is 61.3 Å². The molecule has 0 aliphatic carbocycles. The van der Waals surface area contributed by atoms with Crippen molar-refractivity contribution in [3.8, 4) is 0 Å². The summed E-state index contributed by atoms with van der Waals surface area (Å²) in [5.74, 6) is 0. The molecule has 30 heavy (non-hydrogen) atoms. The molecule has 160 valence electrons. The van der Waals surface area contributed by atoms with Crippen LogP contribution in [0.4, 0.5) is 5.69 Å².